The van der Waals surface area contributed by atoms with E-state index >= 15 is 0 Å². The number of carboxylic acid groups (broad SMARTS) is 2. The normalized spacial score (nSPS) is 15.7. The molecular weight excluding hydrogens is 721 g/mol. The second-order valence-corrected chi connectivity index (χ2v) is 15.1. The predicted octanol–water partition coefficient (Wildman–Crippen LogP) is 9.66. The van der Waals surface area contributed by atoms with E-state index in [1.807, 2.05) is 0 Å². The standard InChI is InChI=1S/2C25H26N2O2/c2*1-2-17-5-3-4-6-21(17)18-7-9-22-19(15-18)11-14-27-24(22)10-8-20-16-26-13-12-23(20)25(28)29/h2*3-7,9,12-13,15-16,24,27H,2,8,10-11,14H2,1H3,(H,28,29)/t2*24-/m10/s1. The molecule has 8 heteroatoms. The Kier molecular flexibility index (Phi) is 13.2. The number of hydrogen-bond donors (Lipinski definition) is 4. The molecule has 4 aromatic carbocycles. The molecule has 2 aromatic heterocycles. The van der Waals surface area contributed by atoms with Crippen LogP contribution in [-0.2, 0) is 38.5 Å². The van der Waals surface area contributed by atoms with Crippen molar-refractivity contribution in [3.8, 4) is 22.3 Å². The average Bonchev–Trinajstić information content (AvgIpc) is 3.27. The number of nitrogens with zero attached hydrogens (tertiary/aromatic N) is 2. The van der Waals surface area contributed by atoms with Gasteiger partial charge in [-0.05, 0) is 143 Å². The number of aryl methyl sites for hydroxylation is 4. The Balaban J connectivity index is 0.000000177. The summed E-state index contributed by atoms with van der Waals surface area (Å²) in [6, 6.07) is 34.5. The fourth-order valence-corrected chi connectivity index (χ4v) is 8.65. The number of nitrogens with one attached hydrogen (secondary N) is 2. The van der Waals surface area contributed by atoms with Gasteiger partial charge in [0.2, 0.25) is 0 Å². The number of aromatic carboxylic acids is 2. The first-order chi connectivity index (χ1) is 28.3. The fraction of sp³-hybridized carbons (Fsp3) is 0.280. The molecule has 0 saturated carbocycles. The van der Waals surface area contributed by atoms with Crippen LogP contribution in [0.5, 0.6) is 0 Å². The highest BCUT2D eigenvalue weighted by molar-refractivity contribution is 5.89. The Morgan fingerprint density at radius 2 is 1.02 bits per heavy atom. The van der Waals surface area contributed by atoms with Crippen LogP contribution in [0, 0.1) is 0 Å². The molecule has 4 N–H and O–H groups in total. The van der Waals surface area contributed by atoms with E-state index in [1.165, 1.54) is 68.0 Å². The number of pyridine rings is 2. The third-order valence-electron chi connectivity index (χ3n) is 11.7. The van der Waals surface area contributed by atoms with Crippen molar-refractivity contribution >= 4 is 11.9 Å². The van der Waals surface area contributed by atoms with E-state index in [1.54, 1.807) is 24.5 Å². The molecule has 0 amide bonds. The lowest BCUT2D eigenvalue weighted by molar-refractivity contribution is 0.0684. The van der Waals surface area contributed by atoms with Crippen LogP contribution in [0.25, 0.3) is 22.3 Å². The van der Waals surface area contributed by atoms with Gasteiger partial charge in [0.25, 0.3) is 0 Å². The molecule has 0 spiro atoms. The summed E-state index contributed by atoms with van der Waals surface area (Å²) in [6.07, 6.45) is 13.6. The van der Waals surface area contributed by atoms with Gasteiger partial charge in [-0.15, -0.1) is 0 Å². The topological polar surface area (TPSA) is 124 Å². The summed E-state index contributed by atoms with van der Waals surface area (Å²) in [5.74, 6) is -1.78. The minimum atomic E-state index is -0.890. The van der Waals surface area contributed by atoms with E-state index in [0.717, 1.165) is 62.7 Å². The van der Waals surface area contributed by atoms with Gasteiger partial charge < -0.3 is 20.8 Å². The molecule has 8 rings (SSSR count). The van der Waals surface area contributed by atoms with Crippen LogP contribution >= 0.6 is 0 Å². The number of hydrogen-bond acceptors (Lipinski definition) is 6. The molecule has 2 aliphatic heterocycles. The molecular formula is C50H52N4O4. The van der Waals surface area contributed by atoms with Gasteiger partial charge in [0, 0.05) is 36.9 Å². The summed E-state index contributed by atoms with van der Waals surface area (Å²) < 4.78 is 0. The molecule has 0 saturated heterocycles. The van der Waals surface area contributed by atoms with Crippen molar-refractivity contribution in [2.45, 2.75) is 77.3 Å². The summed E-state index contributed by atoms with van der Waals surface area (Å²) in [5.41, 5.74) is 15.7. The highest BCUT2D eigenvalue weighted by Crippen LogP contribution is 2.34. The summed E-state index contributed by atoms with van der Waals surface area (Å²) in [7, 11) is 0. The molecule has 0 fully saturated rings. The average molecular weight is 773 g/mol. The lowest BCUT2D eigenvalue weighted by Gasteiger charge is -2.28. The quantitative estimate of drug-likeness (QED) is 0.0970. The maximum atomic E-state index is 11.5. The number of benzene rings is 4. The zero-order valence-electron chi connectivity index (χ0n) is 33.4. The SMILES string of the molecule is CCc1ccccc1-c1ccc2c(c1)CCN[C@@H]2CCc1cnccc1C(=O)O.CCc1ccccc1-c1ccc2c(c1)CCN[C@H]2CCc1cnccc1C(=O)O. The van der Waals surface area contributed by atoms with Crippen LogP contribution in [-0.4, -0.2) is 45.2 Å². The van der Waals surface area contributed by atoms with Crippen LogP contribution in [0.3, 0.4) is 0 Å². The molecule has 296 valence electrons. The Morgan fingerprint density at radius 3 is 1.43 bits per heavy atom. The van der Waals surface area contributed by atoms with Crippen LogP contribution < -0.4 is 10.6 Å². The monoisotopic (exact) mass is 772 g/mol. The minimum Gasteiger partial charge on any atom is -0.478 e. The fourth-order valence-electron chi connectivity index (χ4n) is 8.65. The Bertz CT molecular complexity index is 2220. The van der Waals surface area contributed by atoms with Crippen molar-refractivity contribution in [1.82, 2.24) is 20.6 Å². The highest BCUT2D eigenvalue weighted by Gasteiger charge is 2.23. The number of rotatable bonds is 12. The van der Waals surface area contributed by atoms with Gasteiger partial charge in [0.15, 0.2) is 0 Å². The van der Waals surface area contributed by atoms with Gasteiger partial charge in [0.05, 0.1) is 11.1 Å². The van der Waals surface area contributed by atoms with E-state index in [9.17, 15) is 19.8 Å². The van der Waals surface area contributed by atoms with E-state index in [4.69, 9.17) is 0 Å². The lowest BCUT2D eigenvalue weighted by Crippen LogP contribution is -2.30. The first-order valence-corrected chi connectivity index (χ1v) is 20.6. The Hall–Kier alpha value is -5.96. The number of carbonyl (C=O) groups is 2. The zero-order chi connectivity index (χ0) is 40.4. The minimum absolute atomic E-state index is 0.232. The van der Waals surface area contributed by atoms with Crippen LogP contribution in [0.2, 0.25) is 0 Å². The molecule has 0 aliphatic carbocycles. The van der Waals surface area contributed by atoms with E-state index in [2.05, 4.69) is 119 Å². The van der Waals surface area contributed by atoms with Gasteiger partial charge in [-0.25, -0.2) is 9.59 Å². The maximum absolute atomic E-state index is 11.5. The van der Waals surface area contributed by atoms with Crippen molar-refractivity contribution in [3.05, 3.63) is 177 Å². The van der Waals surface area contributed by atoms with Crippen molar-refractivity contribution in [1.29, 1.82) is 0 Å². The molecule has 2 aliphatic rings. The second kappa shape index (κ2) is 19.0. The van der Waals surface area contributed by atoms with Crippen LogP contribution in [0.4, 0.5) is 0 Å². The van der Waals surface area contributed by atoms with E-state index < -0.39 is 11.9 Å². The summed E-state index contributed by atoms with van der Waals surface area (Å²) >= 11 is 0. The lowest BCUT2D eigenvalue weighted by atomic mass is 9.87. The van der Waals surface area contributed by atoms with Crippen molar-refractivity contribution in [2.24, 2.45) is 0 Å². The summed E-state index contributed by atoms with van der Waals surface area (Å²) in [6.45, 7) is 6.27. The van der Waals surface area contributed by atoms with Crippen LogP contribution in [0.1, 0.15) is 104 Å². The van der Waals surface area contributed by atoms with E-state index in [-0.39, 0.29) is 12.1 Å². The van der Waals surface area contributed by atoms with Crippen LogP contribution in [0.15, 0.2) is 122 Å². The molecule has 0 unspecified atom stereocenters. The van der Waals surface area contributed by atoms with E-state index in [0.29, 0.717) is 24.0 Å². The number of carboxylic acids is 2. The molecule has 8 nitrogen and oxygen atoms in total. The number of aromatic nitrogens is 2. The highest BCUT2D eigenvalue weighted by atomic mass is 16.4. The van der Waals surface area contributed by atoms with Gasteiger partial charge in [0.1, 0.15) is 0 Å². The van der Waals surface area contributed by atoms with Gasteiger partial charge >= 0.3 is 11.9 Å². The largest absolute Gasteiger partial charge is 0.478 e. The zero-order valence-corrected chi connectivity index (χ0v) is 33.4. The van der Waals surface area contributed by atoms with Gasteiger partial charge in [-0.3, -0.25) is 9.97 Å². The predicted molar refractivity (Wildman–Crippen MR) is 230 cm³/mol. The first-order valence-electron chi connectivity index (χ1n) is 20.6. The first kappa shape index (κ1) is 40.2. The van der Waals surface area contributed by atoms with Gasteiger partial charge in [-0.1, -0.05) is 98.8 Å². The smallest absolute Gasteiger partial charge is 0.336 e. The number of fused-ring (bicyclic) bond motifs is 2. The molecule has 0 radical (unpaired) electrons. The Morgan fingerprint density at radius 1 is 0.586 bits per heavy atom. The third kappa shape index (κ3) is 9.25. The Labute approximate surface area is 341 Å². The van der Waals surface area contributed by atoms with Crippen molar-refractivity contribution in [2.75, 3.05) is 13.1 Å². The third-order valence-corrected chi connectivity index (χ3v) is 11.7. The second-order valence-electron chi connectivity index (χ2n) is 15.1. The van der Waals surface area contributed by atoms with Crippen molar-refractivity contribution in [3.63, 3.8) is 0 Å². The molecule has 2 atom stereocenters. The molecule has 58 heavy (non-hydrogen) atoms. The summed E-state index contributed by atoms with van der Waals surface area (Å²) in [4.78, 5) is 31.1. The molecule has 6 aromatic rings. The molecule has 0 bridgehead atoms. The molecule has 4 heterocycles. The summed E-state index contributed by atoms with van der Waals surface area (Å²) in [5, 5.41) is 26.0. The van der Waals surface area contributed by atoms with Gasteiger partial charge in [-0.2, -0.15) is 0 Å². The maximum Gasteiger partial charge on any atom is 0.336 e. The van der Waals surface area contributed by atoms with Crippen molar-refractivity contribution < 1.29 is 19.8 Å².